The fourth-order valence-electron chi connectivity index (χ4n) is 18.2. The molecule has 624 valence electrons. The predicted molar refractivity (Wildman–Crippen MR) is 450 cm³/mol. The molecule has 0 unspecified atom stereocenters. The molecule has 9 N–H and O–H groups in total. The first-order chi connectivity index (χ1) is 56.1. The van der Waals surface area contributed by atoms with Crippen LogP contribution in [0.1, 0.15) is 164 Å². The molecule has 29 heteroatoms. The minimum Gasteiger partial charge on any atom is -0.466 e. The van der Waals surface area contributed by atoms with Crippen LogP contribution < -0.4 is 42.5 Å². The number of rotatable bonds is 25. The van der Waals surface area contributed by atoms with Gasteiger partial charge in [0.2, 0.25) is 23.6 Å². The van der Waals surface area contributed by atoms with Gasteiger partial charge in [0, 0.05) is 82.7 Å². The summed E-state index contributed by atoms with van der Waals surface area (Å²) in [7, 11) is 0. The Morgan fingerprint density at radius 3 is 1.09 bits per heavy atom. The Bertz CT molecular complexity index is 4740. The monoisotopic (exact) mass is 1610 g/mol. The number of carbonyl (C=O) groups is 5. The Morgan fingerprint density at radius 2 is 0.784 bits per heavy atom. The van der Waals surface area contributed by atoms with Crippen LogP contribution in [-0.2, 0) is 34.3 Å². The van der Waals surface area contributed by atoms with Gasteiger partial charge in [0.1, 0.15) is 5.60 Å². The van der Waals surface area contributed by atoms with Crippen LogP contribution in [-0.4, -0.2) is 213 Å². The Balaban J connectivity index is 0.000000128. The fourth-order valence-corrected chi connectivity index (χ4v) is 19.0. The standard InChI is InChI=1S/C22H27N5O3S.C22H30N4O4.C22H32N4O2.C21H30N4O2/c1-14-2-3-18-17(8-14)21(26-30-18)24-10-20(28)25-15-11-27(12-15)16-4-6-22(29,7-5-16)19-9-23-13-31-19;1-3-29-22(28)15-5-7-17(8-6-15)26-12-16(13-26)24-20(27)11-23-21-18-10-14(2)4-9-19(18)30-25-21;1-14(2)16-5-7-18(8-6-16)26-12-17(13-26)24-21(27)11-23-22-19-10-15(3)4-9-20(19)28-25-22;1-3-15-5-7-17(8-6-15)25-12-16(13-25)23-20(26)11-22-21-18-10-14(2)4-9-19(18)27-24-21/h2-3,8-9,13,15-16,29H,4-7,10-12H2,1H3,(H,24,26)(H,25,28);4,9-10,15-17H,3,5-8,11-13H2,1-2H3,(H,23,25)(H,24,27);4,9-10,14,16-18H,5-8,11-13H2,1-3H3,(H,23,25)(H,24,27);4,9-10,15-17H,3,5-8,11-13H2,1-2H3,(H,22,24)(H,23,26). The molecule has 5 aromatic heterocycles. The molecule has 4 aliphatic heterocycles. The van der Waals surface area contributed by atoms with Crippen molar-refractivity contribution in [3.8, 4) is 0 Å². The third-order valence-electron chi connectivity index (χ3n) is 25.4. The van der Waals surface area contributed by atoms with Crippen molar-refractivity contribution in [2.75, 3.05) is 106 Å². The van der Waals surface area contributed by atoms with Gasteiger partial charge in [-0.15, -0.1) is 11.3 Å². The number of hydrogen-bond donors (Lipinski definition) is 9. The zero-order valence-corrected chi connectivity index (χ0v) is 69.5. The second-order valence-electron chi connectivity index (χ2n) is 34.2. The van der Waals surface area contributed by atoms with E-state index >= 15 is 0 Å². The number of nitrogens with zero attached hydrogens (tertiary/aromatic N) is 9. The molecular formula is C87H119N17O11S. The highest BCUT2D eigenvalue weighted by atomic mass is 32.1. The number of anilines is 4. The van der Waals surface area contributed by atoms with Crippen molar-refractivity contribution < 1.29 is 51.9 Å². The lowest BCUT2D eigenvalue weighted by atomic mass is 9.78. The quantitative estimate of drug-likeness (QED) is 0.0240. The lowest BCUT2D eigenvalue weighted by Crippen LogP contribution is -2.63. The number of likely N-dealkylation sites (tertiary alicyclic amines) is 4. The molecule has 4 aliphatic carbocycles. The van der Waals surface area contributed by atoms with Crippen LogP contribution in [0.5, 0.6) is 0 Å². The number of aromatic nitrogens is 5. The number of fused-ring (bicyclic) bond motifs is 4. The highest BCUT2D eigenvalue weighted by Gasteiger charge is 2.43. The minimum atomic E-state index is -0.717. The number of thiazole rings is 1. The number of ether oxygens (including phenoxy) is 1. The summed E-state index contributed by atoms with van der Waals surface area (Å²) in [5, 5.41) is 55.4. The molecule has 116 heavy (non-hydrogen) atoms. The highest BCUT2D eigenvalue weighted by molar-refractivity contribution is 7.09. The maximum atomic E-state index is 12.4. The summed E-state index contributed by atoms with van der Waals surface area (Å²) >= 11 is 1.53. The summed E-state index contributed by atoms with van der Waals surface area (Å²) < 4.78 is 26.3. The number of hydrogen-bond acceptors (Lipinski definition) is 25. The lowest BCUT2D eigenvalue weighted by molar-refractivity contribution is -0.149. The smallest absolute Gasteiger partial charge is 0.308 e. The molecule has 0 bridgehead atoms. The van der Waals surface area contributed by atoms with Gasteiger partial charge in [-0.1, -0.05) is 94.3 Å². The zero-order chi connectivity index (χ0) is 81.0. The second kappa shape index (κ2) is 38.4. The maximum Gasteiger partial charge on any atom is 0.308 e. The number of nitrogens with one attached hydrogen (secondary N) is 8. The average molecular weight is 1610 g/mol. The predicted octanol–water partition coefficient (Wildman–Crippen LogP) is 12.0. The van der Waals surface area contributed by atoms with Crippen molar-refractivity contribution >= 4 is 108 Å². The molecule has 9 heterocycles. The van der Waals surface area contributed by atoms with Crippen molar-refractivity contribution in [2.45, 2.75) is 218 Å². The fraction of sp³-hybridized carbons (Fsp3) is 0.586. The minimum absolute atomic E-state index is 0.0111. The Labute approximate surface area is 683 Å². The van der Waals surface area contributed by atoms with E-state index in [4.69, 9.17) is 22.8 Å². The first-order valence-corrected chi connectivity index (χ1v) is 43.3. The van der Waals surface area contributed by atoms with E-state index in [0.29, 0.717) is 59.2 Å². The highest BCUT2D eigenvalue weighted by Crippen LogP contribution is 2.42. The van der Waals surface area contributed by atoms with Gasteiger partial charge in [-0.25, -0.2) is 0 Å². The van der Waals surface area contributed by atoms with Crippen LogP contribution in [0.2, 0.25) is 0 Å². The van der Waals surface area contributed by atoms with Crippen molar-refractivity contribution in [1.82, 2.24) is 66.5 Å². The topological polar surface area (TPSA) is 341 Å². The molecule has 0 radical (unpaired) electrons. The van der Waals surface area contributed by atoms with Crippen molar-refractivity contribution in [2.24, 2.45) is 23.7 Å². The molecule has 4 saturated carbocycles. The van der Waals surface area contributed by atoms with Gasteiger partial charge in [-0.3, -0.25) is 48.6 Å². The van der Waals surface area contributed by atoms with Crippen molar-refractivity contribution in [1.29, 1.82) is 0 Å². The van der Waals surface area contributed by atoms with E-state index < -0.39 is 5.60 Å². The van der Waals surface area contributed by atoms with E-state index in [1.165, 1.54) is 69.1 Å². The van der Waals surface area contributed by atoms with Crippen LogP contribution in [0.3, 0.4) is 0 Å². The zero-order valence-electron chi connectivity index (χ0n) is 68.7. The third kappa shape index (κ3) is 21.2. The van der Waals surface area contributed by atoms with Gasteiger partial charge in [0.15, 0.2) is 45.6 Å². The first-order valence-electron chi connectivity index (χ1n) is 42.5. The third-order valence-corrected chi connectivity index (χ3v) is 26.4. The van der Waals surface area contributed by atoms with Crippen LogP contribution >= 0.6 is 11.3 Å². The molecule has 8 fully saturated rings. The SMILES string of the molecule is CCC1CCC(N2CC(NC(=O)CNc3noc4ccc(C)cc34)C2)CC1.CCOC(=O)C1CCC(N2CC(NC(=O)CNc3noc4ccc(C)cc34)C2)CC1.Cc1ccc2onc(NCC(=O)NC3CN(C4CCC(C(C)C)CC4)C3)c2c1.Cc1ccc2onc(NCC(=O)NC3CN(C4CCC(O)(c5cncs5)CC4)C3)c2c1. The Kier molecular flexibility index (Phi) is 27.6. The van der Waals surface area contributed by atoms with Gasteiger partial charge < -0.3 is 70.5 Å². The summed E-state index contributed by atoms with van der Waals surface area (Å²) in [5.74, 6) is 5.03. The van der Waals surface area contributed by atoms with Crippen molar-refractivity contribution in [3.63, 3.8) is 0 Å². The number of benzene rings is 4. The molecule has 4 amide bonds. The Morgan fingerprint density at radius 1 is 0.466 bits per heavy atom. The van der Waals surface area contributed by atoms with E-state index in [1.54, 1.807) is 11.7 Å². The number of aryl methyl sites for hydroxylation is 4. The largest absolute Gasteiger partial charge is 0.466 e. The van der Waals surface area contributed by atoms with Gasteiger partial charge in [0.05, 0.1) is 94.8 Å². The van der Waals surface area contributed by atoms with E-state index in [0.717, 1.165) is 187 Å². The van der Waals surface area contributed by atoms with E-state index in [1.807, 2.05) is 107 Å². The van der Waals surface area contributed by atoms with E-state index in [2.05, 4.69) is 109 Å². The number of carbonyl (C=O) groups excluding carboxylic acids is 5. The summed E-state index contributed by atoms with van der Waals surface area (Å²) in [6.07, 6.45) is 21.1. The van der Waals surface area contributed by atoms with Gasteiger partial charge in [0.25, 0.3) is 0 Å². The normalized spacial score (nSPS) is 23.7. The second-order valence-corrected chi connectivity index (χ2v) is 35.1. The summed E-state index contributed by atoms with van der Waals surface area (Å²) in [5.41, 5.74) is 8.45. The van der Waals surface area contributed by atoms with E-state index in [9.17, 15) is 29.1 Å². The molecular weight excluding hydrogens is 1490 g/mol. The van der Waals surface area contributed by atoms with Gasteiger partial charge >= 0.3 is 5.97 Å². The molecule has 4 saturated heterocycles. The summed E-state index contributed by atoms with van der Waals surface area (Å²) in [6, 6.07) is 26.8. The molecule has 9 aromatic rings. The van der Waals surface area contributed by atoms with Crippen LogP contribution in [0, 0.1) is 51.4 Å². The first kappa shape index (κ1) is 83.2. The van der Waals surface area contributed by atoms with Crippen LogP contribution in [0.25, 0.3) is 43.9 Å². The molecule has 28 nitrogen and oxygen atoms in total. The average Bonchev–Trinajstić information content (AvgIpc) is 0.960. The molecule has 17 rings (SSSR count). The molecule has 4 aromatic carbocycles. The molecule has 8 aliphatic rings. The summed E-state index contributed by atoms with van der Waals surface area (Å²) in [4.78, 5) is 76.1. The Hall–Kier alpha value is -9.26. The summed E-state index contributed by atoms with van der Waals surface area (Å²) in [6.45, 7) is 25.5. The van der Waals surface area contributed by atoms with Crippen molar-refractivity contribution in [3.05, 3.63) is 112 Å². The lowest BCUT2D eigenvalue weighted by Gasteiger charge is -2.48. The van der Waals surface area contributed by atoms with Gasteiger partial charge in [-0.05, 0) is 204 Å². The number of aliphatic hydroxyl groups is 1. The van der Waals surface area contributed by atoms with E-state index in [-0.39, 0.29) is 85.9 Å². The molecule has 0 atom stereocenters. The maximum absolute atomic E-state index is 12.4. The number of esters is 1. The molecule has 0 spiro atoms. The van der Waals surface area contributed by atoms with Crippen LogP contribution in [0.4, 0.5) is 23.3 Å². The van der Waals surface area contributed by atoms with Gasteiger partial charge in [-0.2, -0.15) is 0 Å². The number of amides is 4. The van der Waals surface area contributed by atoms with Crippen LogP contribution in [0.15, 0.2) is 103 Å².